The van der Waals surface area contributed by atoms with E-state index >= 15 is 0 Å². The number of aryl methyl sites for hydroxylation is 1. The average Bonchev–Trinajstić information content (AvgIpc) is 2.74. The van der Waals surface area contributed by atoms with Crippen molar-refractivity contribution < 1.29 is 33.4 Å². The number of carbonyl (C=O) groups excluding carboxylic acids is 5. The molecule has 0 aromatic heterocycles. The summed E-state index contributed by atoms with van der Waals surface area (Å²) in [5.74, 6) is -2.50. The maximum Gasteiger partial charge on any atom is 0.408 e. The minimum Gasteiger partial charge on any atom is -0.466 e. The van der Waals surface area contributed by atoms with Crippen LogP contribution in [0.1, 0.15) is 71.6 Å². The molecule has 4 N–H and O–H groups in total. The molecule has 0 bridgehead atoms. The summed E-state index contributed by atoms with van der Waals surface area (Å²) < 4.78 is 10.1. The predicted molar refractivity (Wildman–Crippen MR) is 137 cm³/mol. The molecule has 1 rings (SSSR count). The second-order valence-corrected chi connectivity index (χ2v) is 9.87. The molecule has 4 amide bonds. The van der Waals surface area contributed by atoms with Crippen LogP contribution in [0.25, 0.3) is 0 Å². The zero-order valence-electron chi connectivity index (χ0n) is 22.8. The molecule has 2 atom stereocenters. The summed E-state index contributed by atoms with van der Waals surface area (Å²) in [4.78, 5) is 64.5. The van der Waals surface area contributed by atoms with Gasteiger partial charge in [-0.3, -0.25) is 19.2 Å². The Labute approximate surface area is 218 Å². The van der Waals surface area contributed by atoms with Gasteiger partial charge in [-0.05, 0) is 54.0 Å². The number of primary amides is 1. The molecule has 2 unspecified atom stereocenters. The Balaban J connectivity index is 3.38. The molecule has 11 nitrogen and oxygen atoms in total. The average molecular weight is 521 g/mol. The minimum atomic E-state index is -1.37. The van der Waals surface area contributed by atoms with Crippen molar-refractivity contribution in [2.24, 2.45) is 5.73 Å². The van der Waals surface area contributed by atoms with Crippen molar-refractivity contribution >= 4 is 29.8 Å². The first-order valence-electron chi connectivity index (χ1n) is 12.3. The van der Waals surface area contributed by atoms with Crippen molar-refractivity contribution in [3.05, 3.63) is 35.4 Å². The van der Waals surface area contributed by atoms with Crippen LogP contribution >= 0.6 is 0 Å². The van der Waals surface area contributed by atoms with E-state index in [1.807, 2.05) is 13.0 Å². The lowest BCUT2D eigenvalue weighted by atomic mass is 9.99. The van der Waals surface area contributed by atoms with E-state index in [4.69, 9.17) is 15.2 Å². The number of ether oxygens (including phenoxy) is 2. The Hall–Kier alpha value is -3.63. The van der Waals surface area contributed by atoms with Gasteiger partial charge < -0.3 is 30.7 Å². The number of hydrogen-bond donors (Lipinski definition) is 3. The molecular weight excluding hydrogens is 480 g/mol. The maximum absolute atomic E-state index is 13.8. The summed E-state index contributed by atoms with van der Waals surface area (Å²) in [6.07, 6.45) is -1.44. The van der Waals surface area contributed by atoms with Crippen LogP contribution in [-0.4, -0.2) is 65.5 Å². The molecule has 0 fully saturated rings. The van der Waals surface area contributed by atoms with Gasteiger partial charge in [0.2, 0.25) is 17.7 Å². The van der Waals surface area contributed by atoms with Gasteiger partial charge in [-0.25, -0.2) is 4.79 Å². The van der Waals surface area contributed by atoms with Crippen LogP contribution in [0, 0.1) is 6.92 Å². The number of rotatable bonds is 12. The number of nitrogens with zero attached hydrogens (tertiary/aromatic N) is 1. The van der Waals surface area contributed by atoms with Crippen LogP contribution in [-0.2, 0) is 28.7 Å². The summed E-state index contributed by atoms with van der Waals surface area (Å²) in [6.45, 7) is 12.2. The molecule has 0 aliphatic rings. The molecule has 1 aromatic rings. The van der Waals surface area contributed by atoms with Crippen molar-refractivity contribution in [1.82, 2.24) is 15.5 Å². The van der Waals surface area contributed by atoms with E-state index < -0.39 is 59.9 Å². The Bertz CT molecular complexity index is 972. The van der Waals surface area contributed by atoms with Gasteiger partial charge in [-0.2, -0.15) is 0 Å². The molecule has 0 heterocycles. The standard InChI is InChI=1S/C26H40N4O7/c1-8-36-21(32)12-13-28-23(33)22(18-11-9-10-17(4)14-18)30(16(2)3)24(34)19(15-20(27)31)29-25(35)37-26(5,6)7/h9-11,14,16,19,22H,8,12-13,15H2,1-7H3,(H2,27,31)(H,28,33)(H,29,35). The second-order valence-electron chi connectivity index (χ2n) is 9.87. The molecule has 0 aliphatic carbocycles. The highest BCUT2D eigenvalue weighted by Gasteiger charge is 2.38. The number of nitrogens with two attached hydrogens (primary N) is 1. The van der Waals surface area contributed by atoms with Gasteiger partial charge in [-0.15, -0.1) is 0 Å². The first-order valence-corrected chi connectivity index (χ1v) is 12.3. The molecular formula is C26H40N4O7. The van der Waals surface area contributed by atoms with Crippen LogP contribution in [0.3, 0.4) is 0 Å². The zero-order chi connectivity index (χ0) is 28.3. The SMILES string of the molecule is CCOC(=O)CCNC(=O)C(c1cccc(C)c1)N(C(=O)C(CC(N)=O)NC(=O)OC(C)(C)C)C(C)C. The number of carbonyl (C=O) groups is 5. The maximum atomic E-state index is 13.8. The summed E-state index contributed by atoms with van der Waals surface area (Å²) in [5.41, 5.74) is 5.91. The molecule has 206 valence electrons. The number of hydrogen-bond acceptors (Lipinski definition) is 7. The Kier molecular flexibility index (Phi) is 12.0. The minimum absolute atomic E-state index is 0.000973. The van der Waals surface area contributed by atoms with Crippen LogP contribution in [0.15, 0.2) is 24.3 Å². The van der Waals surface area contributed by atoms with Crippen LogP contribution in [0.2, 0.25) is 0 Å². The number of benzene rings is 1. The predicted octanol–water partition coefficient (Wildman–Crippen LogP) is 2.11. The lowest BCUT2D eigenvalue weighted by molar-refractivity contribution is -0.146. The molecule has 0 aliphatic heterocycles. The van der Waals surface area contributed by atoms with Crippen molar-refractivity contribution in [3.63, 3.8) is 0 Å². The topological polar surface area (TPSA) is 157 Å². The molecule has 0 spiro atoms. The third kappa shape index (κ3) is 10.9. The van der Waals surface area contributed by atoms with Gasteiger partial charge >= 0.3 is 12.1 Å². The lowest BCUT2D eigenvalue weighted by Gasteiger charge is -2.37. The van der Waals surface area contributed by atoms with Crippen molar-refractivity contribution in [2.45, 2.75) is 85.0 Å². The fourth-order valence-corrected chi connectivity index (χ4v) is 3.61. The molecule has 0 radical (unpaired) electrons. The van der Waals surface area contributed by atoms with E-state index in [9.17, 15) is 24.0 Å². The highest BCUT2D eigenvalue weighted by molar-refractivity contribution is 5.94. The van der Waals surface area contributed by atoms with Gasteiger partial charge in [0.15, 0.2) is 0 Å². The fraction of sp³-hybridized carbons (Fsp3) is 0.577. The first-order chi connectivity index (χ1) is 17.2. The lowest BCUT2D eigenvalue weighted by Crippen LogP contribution is -2.56. The van der Waals surface area contributed by atoms with Gasteiger partial charge in [0, 0.05) is 12.6 Å². The van der Waals surface area contributed by atoms with E-state index in [0.717, 1.165) is 5.56 Å². The highest BCUT2D eigenvalue weighted by atomic mass is 16.6. The third-order valence-corrected chi connectivity index (χ3v) is 5.02. The van der Waals surface area contributed by atoms with Crippen LogP contribution in [0.5, 0.6) is 0 Å². The van der Waals surface area contributed by atoms with E-state index in [0.29, 0.717) is 5.56 Å². The molecule has 1 aromatic carbocycles. The van der Waals surface area contributed by atoms with E-state index in [1.54, 1.807) is 59.7 Å². The van der Waals surface area contributed by atoms with Crippen molar-refractivity contribution in [1.29, 1.82) is 0 Å². The molecule has 0 saturated carbocycles. The Morgan fingerprint density at radius 1 is 1.11 bits per heavy atom. The smallest absolute Gasteiger partial charge is 0.408 e. The largest absolute Gasteiger partial charge is 0.466 e. The summed E-state index contributed by atoms with van der Waals surface area (Å²) in [5, 5.41) is 5.12. The monoisotopic (exact) mass is 520 g/mol. The number of alkyl carbamates (subject to hydrolysis) is 1. The van der Waals surface area contributed by atoms with E-state index in [-0.39, 0.29) is 19.6 Å². The van der Waals surface area contributed by atoms with Gasteiger partial charge in [0.1, 0.15) is 17.7 Å². The number of nitrogens with one attached hydrogen (secondary N) is 2. The van der Waals surface area contributed by atoms with E-state index in [2.05, 4.69) is 10.6 Å². The molecule has 11 heteroatoms. The van der Waals surface area contributed by atoms with Crippen molar-refractivity contribution in [2.75, 3.05) is 13.2 Å². The second kappa shape index (κ2) is 14.2. The normalized spacial score (nSPS) is 12.8. The van der Waals surface area contributed by atoms with E-state index in [1.165, 1.54) is 4.90 Å². The molecule has 0 saturated heterocycles. The van der Waals surface area contributed by atoms with Crippen LogP contribution < -0.4 is 16.4 Å². The summed E-state index contributed by atoms with van der Waals surface area (Å²) in [6, 6.07) is 4.06. The summed E-state index contributed by atoms with van der Waals surface area (Å²) in [7, 11) is 0. The van der Waals surface area contributed by atoms with Crippen molar-refractivity contribution in [3.8, 4) is 0 Å². The zero-order valence-corrected chi connectivity index (χ0v) is 22.8. The first kappa shape index (κ1) is 31.4. The van der Waals surface area contributed by atoms with Crippen LogP contribution in [0.4, 0.5) is 4.79 Å². The quantitative estimate of drug-likeness (QED) is 0.356. The molecule has 37 heavy (non-hydrogen) atoms. The highest BCUT2D eigenvalue weighted by Crippen LogP contribution is 2.26. The Morgan fingerprint density at radius 3 is 2.27 bits per heavy atom. The van der Waals surface area contributed by atoms with Gasteiger partial charge in [0.25, 0.3) is 0 Å². The van der Waals surface area contributed by atoms with Gasteiger partial charge in [-0.1, -0.05) is 29.8 Å². The Morgan fingerprint density at radius 2 is 1.76 bits per heavy atom. The third-order valence-electron chi connectivity index (χ3n) is 5.02. The summed E-state index contributed by atoms with van der Waals surface area (Å²) >= 11 is 0. The fourth-order valence-electron chi connectivity index (χ4n) is 3.61. The number of amides is 4. The van der Waals surface area contributed by atoms with Gasteiger partial charge in [0.05, 0.1) is 19.4 Å². The number of esters is 1.